The number of carbonyl (C=O) groups excluding carboxylic acids is 1. The summed E-state index contributed by atoms with van der Waals surface area (Å²) in [6.07, 6.45) is 3.04. The monoisotopic (exact) mass is 276 g/mol. The Hall–Kier alpha value is -1.07. The van der Waals surface area contributed by atoms with Crippen molar-refractivity contribution in [2.24, 2.45) is 0 Å². The number of ketones is 1. The Morgan fingerprint density at radius 3 is 2.94 bits per heavy atom. The molecule has 1 aliphatic carbocycles. The van der Waals surface area contributed by atoms with E-state index >= 15 is 0 Å². The van der Waals surface area contributed by atoms with E-state index in [1.807, 2.05) is 12.1 Å². The van der Waals surface area contributed by atoms with Crippen LogP contribution in [0.1, 0.15) is 29.5 Å². The topological polar surface area (TPSA) is 17.1 Å². The molecule has 1 aromatic rings. The summed E-state index contributed by atoms with van der Waals surface area (Å²) < 4.78 is 0. The number of benzene rings is 1. The summed E-state index contributed by atoms with van der Waals surface area (Å²) in [5.74, 6) is 6.60. The maximum atomic E-state index is 11.3. The van der Waals surface area contributed by atoms with Gasteiger partial charge >= 0.3 is 0 Å². The van der Waals surface area contributed by atoms with Gasteiger partial charge < -0.3 is 0 Å². The van der Waals surface area contributed by atoms with E-state index in [4.69, 9.17) is 0 Å². The fourth-order valence-corrected chi connectivity index (χ4v) is 2.09. The van der Waals surface area contributed by atoms with E-state index in [1.54, 1.807) is 0 Å². The van der Waals surface area contributed by atoms with Gasteiger partial charge in [0.25, 0.3) is 0 Å². The zero-order chi connectivity index (χ0) is 11.4. The van der Waals surface area contributed by atoms with Crippen LogP contribution in [-0.4, -0.2) is 11.1 Å². The molecule has 0 spiro atoms. The van der Waals surface area contributed by atoms with Crippen LogP contribution in [0.5, 0.6) is 0 Å². The SMILES string of the molecule is O=C1CCc2cc(C#CCCBr)ccc2C1. The van der Waals surface area contributed by atoms with Crippen LogP contribution in [0.25, 0.3) is 0 Å². The molecule has 1 nitrogen and oxygen atoms in total. The molecule has 0 atom stereocenters. The predicted molar refractivity (Wildman–Crippen MR) is 68.8 cm³/mol. The normalized spacial score (nSPS) is 13.9. The zero-order valence-electron chi connectivity index (χ0n) is 9.05. The lowest BCUT2D eigenvalue weighted by Gasteiger charge is -2.14. The highest BCUT2D eigenvalue weighted by Crippen LogP contribution is 2.20. The Morgan fingerprint density at radius 1 is 1.25 bits per heavy atom. The van der Waals surface area contributed by atoms with Crippen LogP contribution in [0, 0.1) is 11.8 Å². The highest BCUT2D eigenvalue weighted by Gasteiger charge is 2.14. The van der Waals surface area contributed by atoms with Gasteiger partial charge in [0, 0.05) is 30.2 Å². The minimum absolute atomic E-state index is 0.352. The first-order valence-electron chi connectivity index (χ1n) is 5.48. The van der Waals surface area contributed by atoms with Crippen LogP contribution in [-0.2, 0) is 17.6 Å². The molecule has 1 aromatic carbocycles. The largest absolute Gasteiger partial charge is 0.299 e. The molecular weight excluding hydrogens is 264 g/mol. The Bertz CT molecular complexity index is 465. The average molecular weight is 277 g/mol. The number of fused-ring (bicyclic) bond motifs is 1. The molecule has 0 N–H and O–H groups in total. The van der Waals surface area contributed by atoms with E-state index < -0.39 is 0 Å². The van der Waals surface area contributed by atoms with Crippen molar-refractivity contribution in [2.45, 2.75) is 25.7 Å². The molecule has 82 valence electrons. The number of halogens is 1. The van der Waals surface area contributed by atoms with Gasteiger partial charge in [-0.25, -0.2) is 0 Å². The number of aryl methyl sites for hydroxylation is 1. The summed E-state index contributed by atoms with van der Waals surface area (Å²) in [5, 5.41) is 0.916. The van der Waals surface area contributed by atoms with Gasteiger partial charge in [0.05, 0.1) is 0 Å². The Kier molecular flexibility index (Phi) is 3.79. The average Bonchev–Trinajstić information content (AvgIpc) is 2.29. The highest BCUT2D eigenvalue weighted by atomic mass is 79.9. The third kappa shape index (κ3) is 2.74. The molecule has 2 rings (SSSR count). The van der Waals surface area contributed by atoms with Crippen molar-refractivity contribution in [2.75, 3.05) is 5.33 Å². The Morgan fingerprint density at radius 2 is 2.12 bits per heavy atom. The summed E-state index contributed by atoms with van der Waals surface area (Å²) in [5.41, 5.74) is 3.54. The maximum Gasteiger partial charge on any atom is 0.137 e. The quantitative estimate of drug-likeness (QED) is 0.570. The third-order valence-electron chi connectivity index (χ3n) is 2.72. The highest BCUT2D eigenvalue weighted by molar-refractivity contribution is 9.09. The van der Waals surface area contributed by atoms with E-state index in [-0.39, 0.29) is 0 Å². The van der Waals surface area contributed by atoms with Crippen molar-refractivity contribution in [1.82, 2.24) is 0 Å². The molecular formula is C14H13BrO. The van der Waals surface area contributed by atoms with Crippen LogP contribution < -0.4 is 0 Å². The molecule has 0 saturated heterocycles. The number of hydrogen-bond donors (Lipinski definition) is 0. The standard InChI is InChI=1S/C14H13BrO/c15-8-2-1-3-11-4-5-13-10-14(16)7-6-12(13)9-11/h4-5,9H,2,6-8,10H2. The molecule has 0 radical (unpaired) electrons. The van der Waals surface area contributed by atoms with Crippen molar-refractivity contribution in [3.8, 4) is 11.8 Å². The molecule has 0 fully saturated rings. The summed E-state index contributed by atoms with van der Waals surface area (Å²) in [7, 11) is 0. The third-order valence-corrected chi connectivity index (χ3v) is 3.12. The van der Waals surface area contributed by atoms with Crippen LogP contribution in [0.2, 0.25) is 0 Å². The molecule has 0 bridgehead atoms. The molecule has 0 unspecified atom stereocenters. The van der Waals surface area contributed by atoms with E-state index in [0.29, 0.717) is 18.6 Å². The number of carbonyl (C=O) groups is 1. The minimum atomic E-state index is 0.352. The molecule has 0 amide bonds. The first-order chi connectivity index (χ1) is 7.79. The van der Waals surface area contributed by atoms with Gasteiger partial charge in [-0.1, -0.05) is 33.8 Å². The summed E-state index contributed by atoms with van der Waals surface area (Å²) in [6.45, 7) is 0. The molecule has 0 aliphatic heterocycles. The molecule has 0 aromatic heterocycles. The van der Waals surface area contributed by atoms with Crippen molar-refractivity contribution in [1.29, 1.82) is 0 Å². The maximum absolute atomic E-state index is 11.3. The van der Waals surface area contributed by atoms with E-state index in [2.05, 4.69) is 33.8 Å². The molecule has 0 saturated carbocycles. The first-order valence-corrected chi connectivity index (χ1v) is 6.60. The Labute approximate surface area is 104 Å². The lowest BCUT2D eigenvalue weighted by atomic mass is 9.90. The van der Waals surface area contributed by atoms with E-state index in [1.165, 1.54) is 11.1 Å². The number of rotatable bonds is 1. The van der Waals surface area contributed by atoms with E-state index in [0.717, 1.165) is 23.7 Å². The van der Waals surface area contributed by atoms with Crippen LogP contribution >= 0.6 is 15.9 Å². The molecule has 2 heteroatoms. The second-order valence-electron chi connectivity index (χ2n) is 3.94. The Balaban J connectivity index is 2.20. The number of hydrogen-bond acceptors (Lipinski definition) is 1. The predicted octanol–water partition coefficient (Wildman–Crippen LogP) is 2.88. The molecule has 16 heavy (non-hydrogen) atoms. The summed E-state index contributed by atoms with van der Waals surface area (Å²) in [6, 6.07) is 6.19. The van der Waals surface area contributed by atoms with Crippen molar-refractivity contribution < 1.29 is 4.79 Å². The van der Waals surface area contributed by atoms with E-state index in [9.17, 15) is 4.79 Å². The molecule has 0 heterocycles. The lowest BCUT2D eigenvalue weighted by molar-refractivity contribution is -0.118. The van der Waals surface area contributed by atoms with Gasteiger partial charge in [0.2, 0.25) is 0 Å². The van der Waals surface area contributed by atoms with Crippen molar-refractivity contribution in [3.05, 3.63) is 34.9 Å². The van der Waals surface area contributed by atoms with Gasteiger partial charge in [0.1, 0.15) is 5.78 Å². The van der Waals surface area contributed by atoms with Crippen LogP contribution in [0.4, 0.5) is 0 Å². The fraction of sp³-hybridized carbons (Fsp3) is 0.357. The second-order valence-corrected chi connectivity index (χ2v) is 4.73. The van der Waals surface area contributed by atoms with Gasteiger partial charge in [-0.2, -0.15) is 0 Å². The summed E-state index contributed by atoms with van der Waals surface area (Å²) >= 11 is 3.35. The van der Waals surface area contributed by atoms with Crippen molar-refractivity contribution in [3.63, 3.8) is 0 Å². The number of Topliss-reactive ketones (excluding diaryl/α,β-unsaturated/α-hetero) is 1. The smallest absolute Gasteiger partial charge is 0.137 e. The number of alkyl halides is 1. The lowest BCUT2D eigenvalue weighted by Crippen LogP contribution is -2.13. The fourth-order valence-electron chi connectivity index (χ4n) is 1.90. The van der Waals surface area contributed by atoms with Crippen molar-refractivity contribution >= 4 is 21.7 Å². The summed E-state index contributed by atoms with van der Waals surface area (Å²) in [4.78, 5) is 11.3. The zero-order valence-corrected chi connectivity index (χ0v) is 10.6. The first kappa shape index (κ1) is 11.4. The minimum Gasteiger partial charge on any atom is -0.299 e. The second kappa shape index (κ2) is 5.32. The van der Waals surface area contributed by atoms with Gasteiger partial charge in [-0.05, 0) is 29.7 Å². The van der Waals surface area contributed by atoms with Gasteiger partial charge in [-0.15, -0.1) is 0 Å². The van der Waals surface area contributed by atoms with Gasteiger partial charge in [0.15, 0.2) is 0 Å². The molecule has 1 aliphatic rings. The van der Waals surface area contributed by atoms with Crippen LogP contribution in [0.15, 0.2) is 18.2 Å². The van der Waals surface area contributed by atoms with Crippen LogP contribution in [0.3, 0.4) is 0 Å². The van der Waals surface area contributed by atoms with Gasteiger partial charge in [-0.3, -0.25) is 4.79 Å².